The van der Waals surface area contributed by atoms with Crippen molar-refractivity contribution in [1.82, 2.24) is 0 Å². The minimum Gasteiger partial charge on any atom is -0.324 e. The molecule has 0 aliphatic rings. The fourth-order valence-corrected chi connectivity index (χ4v) is 1.33. The molecule has 13 heavy (non-hydrogen) atoms. The van der Waals surface area contributed by atoms with E-state index in [1.54, 1.807) is 0 Å². The first kappa shape index (κ1) is 13.0. The molecule has 4 N–H and O–H groups in total. The Kier molecular flexibility index (Phi) is 3.67. The molecule has 0 radical (unpaired) electrons. The molecule has 0 aromatic carbocycles. The van der Waals surface area contributed by atoms with E-state index in [-0.39, 0.29) is 0 Å². The Morgan fingerprint density at radius 1 is 1.08 bits per heavy atom. The molecule has 0 amide bonds. The zero-order valence-corrected chi connectivity index (χ0v) is 8.94. The molecule has 6 nitrogen and oxygen atoms in total. The van der Waals surface area contributed by atoms with Crippen LogP contribution in [0.15, 0.2) is 11.9 Å². The molecule has 0 saturated carbocycles. The largest absolute Gasteiger partial charge is 0.348 e. The minimum absolute atomic E-state index is 0.492. The van der Waals surface area contributed by atoms with Crippen LogP contribution in [-0.2, 0) is 9.13 Å². The van der Waals surface area contributed by atoms with E-state index in [9.17, 15) is 9.13 Å². The minimum atomic E-state index is -4.38. The summed E-state index contributed by atoms with van der Waals surface area (Å²) in [6.45, 7) is 2.39. The molecule has 0 aromatic heterocycles. The molecule has 0 bridgehead atoms. The summed E-state index contributed by atoms with van der Waals surface area (Å²) >= 11 is 0. The van der Waals surface area contributed by atoms with Gasteiger partial charge in [-0.3, -0.25) is 9.13 Å². The molecule has 0 aromatic rings. The van der Waals surface area contributed by atoms with E-state index in [1.165, 1.54) is 13.8 Å². The fraction of sp³-hybridized carbons (Fsp3) is 0.600. The van der Waals surface area contributed by atoms with Gasteiger partial charge in [0.25, 0.3) is 0 Å². The molecule has 0 fully saturated rings. The van der Waals surface area contributed by atoms with Crippen LogP contribution in [0, 0.1) is 0 Å². The van der Waals surface area contributed by atoms with Crippen LogP contribution in [0.25, 0.3) is 0 Å². The predicted octanol–water partition coefficient (Wildman–Crippen LogP) is 0.634. The molecule has 0 atom stereocenters. The highest BCUT2D eigenvalue weighted by molar-refractivity contribution is 7.55. The van der Waals surface area contributed by atoms with Crippen molar-refractivity contribution in [2.45, 2.75) is 19.0 Å². The smallest absolute Gasteiger partial charge is 0.324 e. The van der Waals surface area contributed by atoms with Crippen molar-refractivity contribution < 1.29 is 28.7 Å². The lowest BCUT2D eigenvalue weighted by Gasteiger charge is -2.21. The summed E-state index contributed by atoms with van der Waals surface area (Å²) in [6.07, 6.45) is 0.828. The summed E-state index contributed by atoms with van der Waals surface area (Å²) in [5.41, 5.74) is 0. The van der Waals surface area contributed by atoms with E-state index in [2.05, 4.69) is 0 Å². The molecule has 8 heteroatoms. The van der Waals surface area contributed by atoms with Crippen molar-refractivity contribution in [3.63, 3.8) is 0 Å². The Bertz CT molecular complexity index is 294. The van der Waals surface area contributed by atoms with Crippen LogP contribution in [0.5, 0.6) is 0 Å². The molecular formula is C5H12O6P2. The Hall–Kier alpha value is 0.0400. The number of hydrogen-bond acceptors (Lipinski definition) is 2. The normalized spacial score (nSPS) is 15.2. The van der Waals surface area contributed by atoms with Crippen molar-refractivity contribution in [2.24, 2.45) is 0 Å². The monoisotopic (exact) mass is 230 g/mol. The van der Waals surface area contributed by atoms with Crippen molar-refractivity contribution >= 4 is 15.2 Å². The van der Waals surface area contributed by atoms with Crippen LogP contribution in [0.3, 0.4) is 0 Å². The molecule has 0 aliphatic heterocycles. The first-order valence-electron chi connectivity index (χ1n) is 3.27. The third-order valence-electron chi connectivity index (χ3n) is 1.43. The summed E-state index contributed by atoms with van der Waals surface area (Å²) in [6, 6.07) is 0. The lowest BCUT2D eigenvalue weighted by molar-refractivity contribution is 0.350. The molecular weight excluding hydrogens is 218 g/mol. The third kappa shape index (κ3) is 4.72. The maximum absolute atomic E-state index is 10.8. The van der Waals surface area contributed by atoms with Gasteiger partial charge in [0.15, 0.2) is 0 Å². The van der Waals surface area contributed by atoms with Crippen molar-refractivity contribution in [1.29, 1.82) is 0 Å². The SMILES string of the molecule is CC(C)(C=CP(=O)(O)O)P(=O)(O)O. The van der Waals surface area contributed by atoms with Crippen LogP contribution in [0.2, 0.25) is 0 Å². The predicted molar refractivity (Wildman–Crippen MR) is 47.3 cm³/mol. The summed E-state index contributed by atoms with van der Waals surface area (Å²) in [5.74, 6) is 0.492. The van der Waals surface area contributed by atoms with E-state index >= 15 is 0 Å². The molecule has 0 unspecified atom stereocenters. The van der Waals surface area contributed by atoms with Gasteiger partial charge in [-0.25, -0.2) is 0 Å². The van der Waals surface area contributed by atoms with E-state index in [0.29, 0.717) is 5.82 Å². The average molecular weight is 230 g/mol. The van der Waals surface area contributed by atoms with Gasteiger partial charge in [-0.05, 0) is 13.8 Å². The fourth-order valence-electron chi connectivity index (χ4n) is 0.377. The summed E-state index contributed by atoms with van der Waals surface area (Å²) in [5, 5.41) is -1.56. The van der Waals surface area contributed by atoms with Crippen LogP contribution >= 0.6 is 15.2 Å². The van der Waals surface area contributed by atoms with Gasteiger partial charge >= 0.3 is 15.2 Å². The van der Waals surface area contributed by atoms with Crippen LogP contribution in [-0.4, -0.2) is 24.7 Å². The van der Waals surface area contributed by atoms with E-state index < -0.39 is 20.3 Å². The molecule has 0 heterocycles. The molecule has 0 saturated heterocycles. The van der Waals surface area contributed by atoms with Gasteiger partial charge in [0.1, 0.15) is 0 Å². The summed E-state index contributed by atoms with van der Waals surface area (Å²) in [4.78, 5) is 34.3. The van der Waals surface area contributed by atoms with Gasteiger partial charge in [0.05, 0.1) is 5.16 Å². The average Bonchev–Trinajstić information content (AvgIpc) is 1.79. The Morgan fingerprint density at radius 2 is 1.46 bits per heavy atom. The van der Waals surface area contributed by atoms with Gasteiger partial charge in [-0.1, -0.05) is 6.08 Å². The maximum Gasteiger partial charge on any atom is 0.348 e. The van der Waals surface area contributed by atoms with Gasteiger partial charge in [-0.15, -0.1) is 0 Å². The Morgan fingerprint density at radius 3 is 1.69 bits per heavy atom. The second kappa shape index (κ2) is 3.65. The summed E-state index contributed by atoms with van der Waals surface area (Å²) in [7, 11) is -8.74. The highest BCUT2D eigenvalue weighted by atomic mass is 31.2. The maximum atomic E-state index is 10.8. The van der Waals surface area contributed by atoms with E-state index in [4.69, 9.17) is 19.6 Å². The molecule has 0 spiro atoms. The zero-order valence-electron chi connectivity index (χ0n) is 7.15. The van der Waals surface area contributed by atoms with Crippen molar-refractivity contribution in [2.75, 3.05) is 0 Å². The van der Waals surface area contributed by atoms with Crippen molar-refractivity contribution in [3.05, 3.63) is 11.9 Å². The van der Waals surface area contributed by atoms with Crippen LogP contribution in [0.4, 0.5) is 0 Å². The number of rotatable bonds is 3. The Labute approximate surface area is 75.6 Å². The van der Waals surface area contributed by atoms with Gasteiger partial charge < -0.3 is 19.6 Å². The van der Waals surface area contributed by atoms with Gasteiger partial charge in [-0.2, -0.15) is 0 Å². The van der Waals surface area contributed by atoms with Crippen molar-refractivity contribution in [3.8, 4) is 0 Å². The first-order valence-corrected chi connectivity index (χ1v) is 6.56. The lowest BCUT2D eigenvalue weighted by Crippen LogP contribution is -2.16. The third-order valence-corrected chi connectivity index (χ3v) is 3.62. The van der Waals surface area contributed by atoms with Gasteiger partial charge in [0.2, 0.25) is 0 Å². The van der Waals surface area contributed by atoms with Gasteiger partial charge in [0, 0.05) is 5.82 Å². The quantitative estimate of drug-likeness (QED) is 0.528. The molecule has 78 valence electrons. The summed E-state index contributed by atoms with van der Waals surface area (Å²) < 4.78 is 21.1. The molecule has 0 aliphatic carbocycles. The first-order chi connectivity index (χ1) is 5.46. The van der Waals surface area contributed by atoms with Crippen LogP contribution in [0.1, 0.15) is 13.8 Å². The van der Waals surface area contributed by atoms with E-state index in [0.717, 1.165) is 6.08 Å². The van der Waals surface area contributed by atoms with E-state index in [1.807, 2.05) is 0 Å². The second-order valence-corrected chi connectivity index (χ2v) is 6.82. The Balaban J connectivity index is 4.83. The molecule has 0 rings (SSSR count). The standard InChI is InChI=1S/C5H12O6P2/c1-5(2,13(9,10)11)3-4-12(6,7)8/h3-4H,1-2H3,(H2,6,7,8)(H2,9,10,11). The second-order valence-electron chi connectivity index (χ2n) is 3.10. The zero-order chi connectivity index (χ0) is 10.9. The highest BCUT2D eigenvalue weighted by Crippen LogP contribution is 2.52. The topological polar surface area (TPSA) is 115 Å². The lowest BCUT2D eigenvalue weighted by atomic mass is 10.2. The van der Waals surface area contributed by atoms with Crippen LogP contribution < -0.4 is 0 Å². The number of allylic oxidation sites excluding steroid dienone is 1. The number of hydrogen-bond donors (Lipinski definition) is 4. The highest BCUT2D eigenvalue weighted by Gasteiger charge is 2.35.